The van der Waals surface area contributed by atoms with Crippen LogP contribution >= 0.6 is 0 Å². The summed E-state index contributed by atoms with van der Waals surface area (Å²) in [7, 11) is 3.00. The third-order valence-electron chi connectivity index (χ3n) is 4.21. The van der Waals surface area contributed by atoms with E-state index in [1.165, 1.54) is 14.2 Å². The molecule has 0 saturated heterocycles. The molecule has 1 aromatic carbocycles. The van der Waals surface area contributed by atoms with E-state index in [0.717, 1.165) is 0 Å². The third kappa shape index (κ3) is 3.30. The molecule has 0 radical (unpaired) electrons. The number of nitrogens with zero attached hydrogens (tertiary/aromatic N) is 2. The number of hydrogen-bond acceptors (Lipinski definition) is 8. The summed E-state index contributed by atoms with van der Waals surface area (Å²) in [6.45, 7) is -0.150. The summed E-state index contributed by atoms with van der Waals surface area (Å²) in [6.07, 6.45) is 0. The quantitative estimate of drug-likeness (QED) is 0.626. The number of aromatic nitrogens is 2. The number of fused-ring (bicyclic) bond motifs is 1. The summed E-state index contributed by atoms with van der Waals surface area (Å²) in [5.74, 6) is -0.512. The van der Waals surface area contributed by atoms with Gasteiger partial charge in [0.25, 0.3) is 5.91 Å². The monoisotopic (exact) mass is 385 g/mol. The van der Waals surface area contributed by atoms with Gasteiger partial charge in [0.1, 0.15) is 11.6 Å². The highest BCUT2D eigenvalue weighted by Crippen LogP contribution is 2.47. The van der Waals surface area contributed by atoms with Crippen LogP contribution in [0.1, 0.15) is 22.7 Å². The predicted molar refractivity (Wildman–Crippen MR) is 96.3 cm³/mol. The second-order valence-electron chi connectivity index (χ2n) is 5.91. The van der Waals surface area contributed by atoms with E-state index in [-0.39, 0.29) is 36.3 Å². The van der Waals surface area contributed by atoms with E-state index in [0.29, 0.717) is 22.6 Å². The number of ether oxygens (including phenoxy) is 4. The number of carbonyl (C=O) groups is 1. The van der Waals surface area contributed by atoms with Crippen molar-refractivity contribution in [3.63, 3.8) is 0 Å². The van der Waals surface area contributed by atoms with E-state index >= 15 is 0 Å². The van der Waals surface area contributed by atoms with Crippen molar-refractivity contribution in [1.82, 2.24) is 10.2 Å². The van der Waals surface area contributed by atoms with Gasteiger partial charge in [-0.1, -0.05) is 12.1 Å². The van der Waals surface area contributed by atoms with Crippen molar-refractivity contribution in [3.8, 4) is 23.4 Å². The van der Waals surface area contributed by atoms with Crippen LogP contribution in [-0.4, -0.2) is 36.9 Å². The Morgan fingerprint density at radius 3 is 2.86 bits per heavy atom. The molecule has 146 valence electrons. The molecule has 0 aliphatic carbocycles. The summed E-state index contributed by atoms with van der Waals surface area (Å²) >= 11 is 0. The van der Waals surface area contributed by atoms with Gasteiger partial charge in [-0.3, -0.25) is 9.89 Å². The Balaban J connectivity index is 2.23. The number of methoxy groups -OCH3 is 2. The van der Waals surface area contributed by atoms with Crippen molar-refractivity contribution >= 4 is 5.91 Å². The van der Waals surface area contributed by atoms with Gasteiger partial charge in [-0.05, 0) is 6.07 Å². The van der Waals surface area contributed by atoms with Gasteiger partial charge in [0.05, 0.1) is 30.9 Å². The van der Waals surface area contributed by atoms with Crippen LogP contribution in [0.4, 0.5) is 0 Å². The van der Waals surface area contributed by atoms with Gasteiger partial charge in [-0.15, -0.1) is 5.10 Å². The molecule has 1 aliphatic rings. The summed E-state index contributed by atoms with van der Waals surface area (Å²) in [5, 5.41) is 16.7. The van der Waals surface area contributed by atoms with Crippen LogP contribution in [0.2, 0.25) is 0 Å². The average molecular weight is 385 g/mol. The summed E-state index contributed by atoms with van der Waals surface area (Å²) in [5.41, 5.74) is 13.1. The van der Waals surface area contributed by atoms with Gasteiger partial charge >= 0.3 is 0 Å². The summed E-state index contributed by atoms with van der Waals surface area (Å²) in [4.78, 5) is 11.3. The molecule has 0 fully saturated rings. The Labute approximate surface area is 160 Å². The van der Waals surface area contributed by atoms with E-state index < -0.39 is 11.8 Å². The Kier molecular flexibility index (Phi) is 5.37. The molecule has 1 atom stereocenters. The molecule has 0 spiro atoms. The van der Waals surface area contributed by atoms with Gasteiger partial charge in [-0.25, -0.2) is 0 Å². The van der Waals surface area contributed by atoms with E-state index in [2.05, 4.69) is 16.3 Å². The molecular formula is C18H19N5O5. The molecule has 28 heavy (non-hydrogen) atoms. The number of aromatic amines is 1. The number of nitrogens with two attached hydrogens (primary N) is 2. The number of allylic oxidation sites excluding steroid dienone is 1. The van der Waals surface area contributed by atoms with Crippen LogP contribution in [-0.2, 0) is 16.1 Å². The second-order valence-corrected chi connectivity index (χ2v) is 5.91. The fourth-order valence-corrected chi connectivity index (χ4v) is 3.09. The van der Waals surface area contributed by atoms with E-state index in [4.69, 9.17) is 30.4 Å². The first-order valence-electron chi connectivity index (χ1n) is 8.23. The van der Waals surface area contributed by atoms with E-state index in [9.17, 15) is 10.1 Å². The SMILES string of the molecule is COCc1[nH]nc2c1C(c1cccc(OC)c1OCC(N)=O)C(C#N)=C(N)O2. The molecule has 1 unspecified atom stereocenters. The number of benzene rings is 1. The number of amides is 1. The lowest BCUT2D eigenvalue weighted by atomic mass is 9.83. The smallest absolute Gasteiger partial charge is 0.255 e. The van der Waals surface area contributed by atoms with Crippen LogP contribution in [0.5, 0.6) is 17.4 Å². The first kappa shape index (κ1) is 19.1. The summed E-state index contributed by atoms with van der Waals surface area (Å²) < 4.78 is 21.7. The molecule has 10 nitrogen and oxygen atoms in total. The Hall–Kier alpha value is -3.71. The van der Waals surface area contributed by atoms with Crippen molar-refractivity contribution in [2.75, 3.05) is 20.8 Å². The first-order chi connectivity index (χ1) is 13.5. The Morgan fingerprint density at radius 2 is 2.21 bits per heavy atom. The molecule has 1 amide bonds. The molecule has 5 N–H and O–H groups in total. The maximum Gasteiger partial charge on any atom is 0.255 e. The zero-order valence-corrected chi connectivity index (χ0v) is 15.3. The van der Waals surface area contributed by atoms with E-state index in [1.54, 1.807) is 18.2 Å². The Bertz CT molecular complexity index is 975. The molecule has 1 aromatic heterocycles. The van der Waals surface area contributed by atoms with Crippen molar-refractivity contribution in [2.24, 2.45) is 11.5 Å². The van der Waals surface area contributed by atoms with Crippen molar-refractivity contribution in [2.45, 2.75) is 12.5 Å². The fraction of sp³-hybridized carbons (Fsp3) is 0.278. The molecule has 3 rings (SSSR count). The number of H-pyrrole nitrogens is 1. The molecule has 0 bridgehead atoms. The van der Waals surface area contributed by atoms with Crippen LogP contribution in [0.25, 0.3) is 0 Å². The standard InChI is InChI=1S/C18H19N5O5/c1-25-7-11-15-14(10(6-19)17(21)28-18(15)23-22-11)9-4-3-5-12(26-2)16(9)27-8-13(20)24/h3-5,14H,7-8,21H2,1-2H3,(H2,20,24)(H,22,23). The highest BCUT2D eigenvalue weighted by atomic mass is 16.5. The van der Waals surface area contributed by atoms with Crippen molar-refractivity contribution < 1.29 is 23.7 Å². The maximum atomic E-state index is 11.3. The molecular weight excluding hydrogens is 366 g/mol. The number of hydrogen-bond donors (Lipinski definition) is 3. The molecule has 10 heteroatoms. The van der Waals surface area contributed by atoms with Crippen LogP contribution in [0.3, 0.4) is 0 Å². The summed E-state index contributed by atoms with van der Waals surface area (Å²) in [6, 6.07) is 7.24. The van der Waals surface area contributed by atoms with Crippen molar-refractivity contribution in [1.29, 1.82) is 5.26 Å². The topological polar surface area (TPSA) is 158 Å². The lowest BCUT2D eigenvalue weighted by molar-refractivity contribution is -0.119. The van der Waals surface area contributed by atoms with E-state index in [1.807, 2.05) is 0 Å². The zero-order chi connectivity index (χ0) is 20.3. The minimum absolute atomic E-state index is 0.0702. The molecule has 1 aliphatic heterocycles. The normalized spacial score (nSPS) is 15.4. The minimum atomic E-state index is -0.671. The Morgan fingerprint density at radius 1 is 1.43 bits per heavy atom. The molecule has 2 aromatic rings. The van der Waals surface area contributed by atoms with Crippen LogP contribution in [0.15, 0.2) is 29.7 Å². The van der Waals surface area contributed by atoms with Gasteiger partial charge in [0.2, 0.25) is 11.8 Å². The highest BCUT2D eigenvalue weighted by Gasteiger charge is 2.37. The third-order valence-corrected chi connectivity index (χ3v) is 4.21. The zero-order valence-electron chi connectivity index (χ0n) is 15.3. The number of nitrogens with one attached hydrogen (secondary N) is 1. The molecule has 2 heterocycles. The maximum absolute atomic E-state index is 11.3. The fourth-order valence-electron chi connectivity index (χ4n) is 3.09. The number of rotatable bonds is 7. The largest absolute Gasteiger partial charge is 0.493 e. The first-order valence-corrected chi connectivity index (χ1v) is 8.23. The minimum Gasteiger partial charge on any atom is -0.493 e. The lowest BCUT2D eigenvalue weighted by Gasteiger charge is -2.26. The van der Waals surface area contributed by atoms with Gasteiger partial charge in [0, 0.05) is 12.7 Å². The number of carbonyl (C=O) groups excluding carboxylic acids is 1. The molecule has 0 saturated carbocycles. The van der Waals surface area contributed by atoms with Gasteiger partial charge in [0.15, 0.2) is 18.1 Å². The van der Waals surface area contributed by atoms with Crippen LogP contribution in [0, 0.1) is 11.3 Å². The van der Waals surface area contributed by atoms with Crippen LogP contribution < -0.4 is 25.7 Å². The number of para-hydroxylation sites is 1. The van der Waals surface area contributed by atoms with Crippen molar-refractivity contribution in [3.05, 3.63) is 46.5 Å². The average Bonchev–Trinajstić information content (AvgIpc) is 3.07. The predicted octanol–water partition coefficient (Wildman–Crippen LogP) is 0.647. The van der Waals surface area contributed by atoms with Gasteiger partial charge in [-0.2, -0.15) is 5.26 Å². The number of primary amides is 1. The van der Waals surface area contributed by atoms with Gasteiger partial charge < -0.3 is 30.4 Å². The highest BCUT2D eigenvalue weighted by molar-refractivity contribution is 5.75. The lowest BCUT2D eigenvalue weighted by Crippen LogP contribution is -2.23. The number of nitriles is 1. The second kappa shape index (κ2) is 7.89.